The first-order valence-electron chi connectivity index (χ1n) is 7.51. The van der Waals surface area contributed by atoms with Crippen molar-refractivity contribution in [1.29, 1.82) is 0 Å². The normalized spacial score (nSPS) is 27.8. The minimum absolute atomic E-state index is 0.187. The average Bonchev–Trinajstić information content (AvgIpc) is 3.01. The van der Waals surface area contributed by atoms with Gasteiger partial charge in [0.05, 0.1) is 23.7 Å². The third kappa shape index (κ3) is 2.56. The van der Waals surface area contributed by atoms with E-state index in [1.807, 2.05) is 17.9 Å². The van der Waals surface area contributed by atoms with Crippen molar-refractivity contribution in [3.63, 3.8) is 0 Å². The molecule has 1 aromatic rings. The molecule has 1 aromatic heterocycles. The van der Waals surface area contributed by atoms with Crippen LogP contribution in [0.3, 0.4) is 0 Å². The van der Waals surface area contributed by atoms with Crippen LogP contribution in [0.15, 0.2) is 12.5 Å². The molecule has 4 heteroatoms. The number of nitrogens with zero attached hydrogens (tertiary/aromatic N) is 2. The van der Waals surface area contributed by atoms with Crippen LogP contribution in [0.2, 0.25) is 0 Å². The Morgan fingerprint density at radius 2 is 2.26 bits per heavy atom. The van der Waals surface area contributed by atoms with Crippen molar-refractivity contribution in [2.75, 3.05) is 13.7 Å². The highest BCUT2D eigenvalue weighted by Crippen LogP contribution is 2.45. The monoisotopic (exact) mass is 263 g/mol. The average molecular weight is 263 g/mol. The van der Waals surface area contributed by atoms with E-state index >= 15 is 0 Å². The summed E-state index contributed by atoms with van der Waals surface area (Å²) in [6.45, 7) is 0.912. The highest BCUT2D eigenvalue weighted by Gasteiger charge is 2.42. The summed E-state index contributed by atoms with van der Waals surface area (Å²) in [6, 6.07) is 0.363. The van der Waals surface area contributed by atoms with Crippen molar-refractivity contribution in [1.82, 2.24) is 14.9 Å². The molecule has 1 N–H and O–H groups in total. The molecular weight excluding hydrogens is 238 g/mol. The van der Waals surface area contributed by atoms with Crippen LogP contribution in [0.1, 0.15) is 50.3 Å². The second-order valence-corrected chi connectivity index (χ2v) is 6.22. The van der Waals surface area contributed by atoms with Crippen LogP contribution in [0.4, 0.5) is 0 Å². The van der Waals surface area contributed by atoms with Gasteiger partial charge in [0.1, 0.15) is 0 Å². The summed E-state index contributed by atoms with van der Waals surface area (Å²) in [6.07, 6.45) is 11.5. The molecule has 19 heavy (non-hydrogen) atoms. The van der Waals surface area contributed by atoms with E-state index < -0.39 is 0 Å². The molecule has 0 bridgehead atoms. The van der Waals surface area contributed by atoms with E-state index in [-0.39, 0.29) is 5.60 Å². The van der Waals surface area contributed by atoms with Crippen LogP contribution < -0.4 is 5.32 Å². The Bertz CT molecular complexity index is 423. The molecule has 2 aliphatic rings. The van der Waals surface area contributed by atoms with Gasteiger partial charge in [-0.25, -0.2) is 4.98 Å². The van der Waals surface area contributed by atoms with E-state index in [1.54, 1.807) is 0 Å². The fourth-order valence-corrected chi connectivity index (χ4v) is 3.94. The van der Waals surface area contributed by atoms with Gasteiger partial charge in [0.2, 0.25) is 0 Å². The molecular formula is C15H25N3O. The number of hydrogen-bond acceptors (Lipinski definition) is 3. The van der Waals surface area contributed by atoms with Crippen molar-refractivity contribution in [3.05, 3.63) is 18.2 Å². The van der Waals surface area contributed by atoms with Gasteiger partial charge in [0.15, 0.2) is 0 Å². The second kappa shape index (κ2) is 5.25. The van der Waals surface area contributed by atoms with Crippen LogP contribution in [-0.2, 0) is 11.8 Å². The molecule has 0 amide bonds. The summed E-state index contributed by atoms with van der Waals surface area (Å²) in [5.74, 6) is 0.645. The lowest BCUT2D eigenvalue weighted by Gasteiger charge is -2.41. The molecule has 2 unspecified atom stereocenters. The van der Waals surface area contributed by atoms with Gasteiger partial charge in [-0.1, -0.05) is 12.8 Å². The number of ether oxygens (including phenoxy) is 1. The van der Waals surface area contributed by atoms with Crippen molar-refractivity contribution in [2.45, 2.75) is 50.2 Å². The molecule has 106 valence electrons. The van der Waals surface area contributed by atoms with Crippen molar-refractivity contribution in [2.24, 2.45) is 13.0 Å². The highest BCUT2D eigenvalue weighted by atomic mass is 16.5. The maximum Gasteiger partial charge on any atom is 0.0947 e. The maximum absolute atomic E-state index is 6.14. The SMILES string of the molecule is CNC(c1cn(C)cn1)C1CCOC2(CCCC2)C1. The van der Waals surface area contributed by atoms with Crippen LogP contribution in [0.5, 0.6) is 0 Å². The zero-order valence-electron chi connectivity index (χ0n) is 12.1. The van der Waals surface area contributed by atoms with Gasteiger partial charge in [-0.2, -0.15) is 0 Å². The summed E-state index contributed by atoms with van der Waals surface area (Å²) >= 11 is 0. The third-order valence-corrected chi connectivity index (χ3v) is 4.87. The van der Waals surface area contributed by atoms with Crippen molar-refractivity contribution < 1.29 is 4.74 Å². The quantitative estimate of drug-likeness (QED) is 0.910. The molecule has 4 nitrogen and oxygen atoms in total. The number of aryl methyl sites for hydroxylation is 1. The Hall–Kier alpha value is -0.870. The highest BCUT2D eigenvalue weighted by molar-refractivity contribution is 5.07. The predicted molar refractivity (Wildman–Crippen MR) is 74.9 cm³/mol. The smallest absolute Gasteiger partial charge is 0.0947 e. The Balaban J connectivity index is 1.76. The van der Waals surface area contributed by atoms with Crippen LogP contribution in [-0.4, -0.2) is 28.8 Å². The summed E-state index contributed by atoms with van der Waals surface area (Å²) in [5.41, 5.74) is 1.36. The van der Waals surface area contributed by atoms with E-state index in [0.717, 1.165) is 13.0 Å². The zero-order valence-corrected chi connectivity index (χ0v) is 12.1. The van der Waals surface area contributed by atoms with Crippen LogP contribution in [0.25, 0.3) is 0 Å². The molecule has 1 aliphatic heterocycles. The summed E-state index contributed by atoms with van der Waals surface area (Å²) in [4.78, 5) is 4.54. The second-order valence-electron chi connectivity index (χ2n) is 6.22. The van der Waals surface area contributed by atoms with Gasteiger partial charge < -0.3 is 14.6 Å². The first-order valence-corrected chi connectivity index (χ1v) is 7.51. The molecule has 1 spiro atoms. The number of aromatic nitrogens is 2. The minimum atomic E-state index is 0.187. The van der Waals surface area contributed by atoms with E-state index in [1.165, 1.54) is 37.8 Å². The first kappa shape index (κ1) is 13.1. The molecule has 2 fully saturated rings. The summed E-state index contributed by atoms with van der Waals surface area (Å²) in [5, 5.41) is 3.48. The van der Waals surface area contributed by atoms with Gasteiger partial charge in [-0.3, -0.25) is 0 Å². The van der Waals surface area contributed by atoms with Crippen molar-refractivity contribution >= 4 is 0 Å². The number of hydrogen-bond donors (Lipinski definition) is 1. The molecule has 2 atom stereocenters. The fraction of sp³-hybridized carbons (Fsp3) is 0.800. The van der Waals surface area contributed by atoms with Crippen LogP contribution >= 0.6 is 0 Å². The fourth-order valence-electron chi connectivity index (χ4n) is 3.94. The summed E-state index contributed by atoms with van der Waals surface area (Å²) in [7, 11) is 4.09. The number of rotatable bonds is 3. The molecule has 1 saturated heterocycles. The summed E-state index contributed by atoms with van der Waals surface area (Å²) < 4.78 is 8.17. The Morgan fingerprint density at radius 1 is 1.47 bits per heavy atom. The molecule has 0 radical (unpaired) electrons. The zero-order chi connectivity index (χ0) is 13.3. The van der Waals surface area contributed by atoms with Crippen molar-refractivity contribution in [3.8, 4) is 0 Å². The number of imidazole rings is 1. The molecule has 2 heterocycles. The maximum atomic E-state index is 6.14. The first-order chi connectivity index (χ1) is 9.22. The molecule has 0 aromatic carbocycles. The van der Waals surface area contributed by atoms with Gasteiger partial charge in [0.25, 0.3) is 0 Å². The lowest BCUT2D eigenvalue weighted by molar-refractivity contribution is -0.0980. The third-order valence-electron chi connectivity index (χ3n) is 4.87. The number of nitrogens with one attached hydrogen (secondary N) is 1. The topological polar surface area (TPSA) is 39.1 Å². The van der Waals surface area contributed by atoms with E-state index in [4.69, 9.17) is 4.74 Å². The molecule has 3 rings (SSSR count). The van der Waals surface area contributed by atoms with E-state index in [0.29, 0.717) is 12.0 Å². The Morgan fingerprint density at radius 3 is 2.89 bits per heavy atom. The largest absolute Gasteiger partial charge is 0.375 e. The Kier molecular flexibility index (Phi) is 3.63. The Labute approximate surface area is 115 Å². The van der Waals surface area contributed by atoms with E-state index in [2.05, 4.69) is 23.5 Å². The predicted octanol–water partition coefficient (Wildman–Crippen LogP) is 2.42. The lowest BCUT2D eigenvalue weighted by atomic mass is 9.80. The van der Waals surface area contributed by atoms with Gasteiger partial charge in [-0.05, 0) is 38.6 Å². The van der Waals surface area contributed by atoms with Gasteiger partial charge in [0, 0.05) is 19.9 Å². The van der Waals surface area contributed by atoms with Crippen LogP contribution in [0, 0.1) is 5.92 Å². The van der Waals surface area contributed by atoms with Gasteiger partial charge >= 0.3 is 0 Å². The van der Waals surface area contributed by atoms with Gasteiger partial charge in [-0.15, -0.1) is 0 Å². The molecule has 1 aliphatic carbocycles. The standard InChI is InChI=1S/C15H25N3O/c1-16-14(13-10-18(2)11-17-13)12-5-8-19-15(9-12)6-3-4-7-15/h10-12,14,16H,3-9H2,1-2H3. The minimum Gasteiger partial charge on any atom is -0.375 e. The van der Waals surface area contributed by atoms with E-state index in [9.17, 15) is 0 Å². The lowest BCUT2D eigenvalue weighted by Crippen LogP contribution is -2.41. The molecule has 1 saturated carbocycles.